The van der Waals surface area contributed by atoms with E-state index in [1.54, 1.807) is 0 Å². The minimum absolute atomic E-state index is 0.0420. The summed E-state index contributed by atoms with van der Waals surface area (Å²) in [5.41, 5.74) is 0. The van der Waals surface area contributed by atoms with Gasteiger partial charge in [-0.15, -0.1) is 0 Å². The Morgan fingerprint density at radius 3 is 2.85 bits per heavy atom. The van der Waals surface area contributed by atoms with Crippen LogP contribution in [0.25, 0.3) is 0 Å². The first-order chi connectivity index (χ1) is 12.6. The fraction of sp³-hybridized carbons (Fsp3) is 0.900. The van der Waals surface area contributed by atoms with Gasteiger partial charge in [0.1, 0.15) is 0 Å². The van der Waals surface area contributed by atoms with E-state index in [1.807, 2.05) is 18.7 Å². The molecule has 1 amide bonds. The summed E-state index contributed by atoms with van der Waals surface area (Å²) in [5.74, 6) is 2.97. The predicted octanol–water partition coefficient (Wildman–Crippen LogP) is 3.07. The van der Waals surface area contributed by atoms with Crippen molar-refractivity contribution in [2.75, 3.05) is 39.3 Å². The van der Waals surface area contributed by atoms with E-state index >= 15 is 0 Å². The Morgan fingerprint density at radius 2 is 2.08 bits per heavy atom. The first-order valence-electron chi connectivity index (χ1n) is 10.5. The van der Waals surface area contributed by atoms with Crippen LogP contribution in [0.5, 0.6) is 0 Å². The van der Waals surface area contributed by atoms with Crippen molar-refractivity contribution in [1.29, 1.82) is 0 Å². The summed E-state index contributed by atoms with van der Waals surface area (Å²) in [4.78, 5) is 18.4. The Labute approximate surface area is 157 Å². The summed E-state index contributed by atoms with van der Waals surface area (Å²) in [5, 5.41) is 3.49. The quantitative estimate of drug-likeness (QED) is 0.761. The first kappa shape index (κ1) is 19.5. The SMILES string of the molecule is CC(C)OC(=O)N1CCC(CCCOC2=NCCC3CNCCC23)CC1. The monoisotopic (exact) mass is 365 g/mol. The van der Waals surface area contributed by atoms with E-state index in [2.05, 4.69) is 10.3 Å². The zero-order valence-corrected chi connectivity index (χ0v) is 16.4. The second-order valence-corrected chi connectivity index (χ2v) is 8.22. The number of aliphatic imine (C=N–C) groups is 1. The highest BCUT2D eigenvalue weighted by Gasteiger charge is 2.32. The lowest BCUT2D eigenvalue weighted by Crippen LogP contribution is -2.43. The highest BCUT2D eigenvalue weighted by atomic mass is 16.6. The molecule has 2 fully saturated rings. The van der Waals surface area contributed by atoms with Crippen molar-refractivity contribution in [3.05, 3.63) is 0 Å². The fourth-order valence-corrected chi connectivity index (χ4v) is 4.39. The van der Waals surface area contributed by atoms with Crippen LogP contribution in [0.4, 0.5) is 4.79 Å². The van der Waals surface area contributed by atoms with Crippen molar-refractivity contribution in [2.24, 2.45) is 22.7 Å². The Bertz CT molecular complexity index is 487. The standard InChI is InChI=1S/C20H35N3O3/c1-15(2)26-20(24)23-11-7-16(8-12-23)4-3-13-25-19-18-6-9-21-14-17(18)5-10-22-19/h15-18,21H,3-14H2,1-2H3. The molecule has 2 atom stereocenters. The molecule has 0 aromatic rings. The summed E-state index contributed by atoms with van der Waals surface area (Å²) in [6.45, 7) is 9.34. The molecule has 0 aromatic heterocycles. The van der Waals surface area contributed by atoms with Gasteiger partial charge in [-0.2, -0.15) is 0 Å². The third-order valence-electron chi connectivity index (χ3n) is 5.91. The number of hydrogen-bond donors (Lipinski definition) is 1. The van der Waals surface area contributed by atoms with Crippen LogP contribution in [-0.2, 0) is 9.47 Å². The summed E-state index contributed by atoms with van der Waals surface area (Å²) in [6.07, 6.45) is 6.56. The van der Waals surface area contributed by atoms with Crippen LogP contribution in [0.3, 0.4) is 0 Å². The predicted molar refractivity (Wildman–Crippen MR) is 102 cm³/mol. The molecule has 3 aliphatic rings. The molecule has 6 nitrogen and oxygen atoms in total. The van der Waals surface area contributed by atoms with Crippen molar-refractivity contribution in [3.8, 4) is 0 Å². The molecule has 3 aliphatic heterocycles. The Hall–Kier alpha value is -1.30. The maximum Gasteiger partial charge on any atom is 0.410 e. The normalized spacial score (nSPS) is 27.0. The molecule has 0 saturated carbocycles. The smallest absolute Gasteiger partial charge is 0.410 e. The summed E-state index contributed by atoms with van der Waals surface area (Å²) >= 11 is 0. The molecule has 2 saturated heterocycles. The number of ether oxygens (including phenoxy) is 2. The molecular weight excluding hydrogens is 330 g/mol. The zero-order chi connectivity index (χ0) is 18.4. The molecule has 3 rings (SSSR count). The van der Waals surface area contributed by atoms with Gasteiger partial charge in [-0.3, -0.25) is 4.99 Å². The molecule has 0 radical (unpaired) electrons. The first-order valence-corrected chi connectivity index (χ1v) is 10.5. The molecule has 1 N–H and O–H groups in total. The minimum atomic E-state index is -0.159. The second-order valence-electron chi connectivity index (χ2n) is 8.22. The van der Waals surface area contributed by atoms with Gasteiger partial charge in [-0.25, -0.2) is 4.79 Å². The van der Waals surface area contributed by atoms with Gasteiger partial charge in [0.25, 0.3) is 0 Å². The van der Waals surface area contributed by atoms with Crippen molar-refractivity contribution in [2.45, 2.75) is 58.5 Å². The molecule has 0 bridgehead atoms. The third-order valence-corrected chi connectivity index (χ3v) is 5.91. The Morgan fingerprint density at radius 1 is 1.27 bits per heavy atom. The number of rotatable bonds is 5. The topological polar surface area (TPSA) is 63.2 Å². The molecule has 148 valence electrons. The van der Waals surface area contributed by atoms with Gasteiger partial charge in [0.2, 0.25) is 0 Å². The van der Waals surface area contributed by atoms with E-state index in [4.69, 9.17) is 9.47 Å². The van der Waals surface area contributed by atoms with Crippen LogP contribution >= 0.6 is 0 Å². The Balaban J connectivity index is 1.31. The number of likely N-dealkylation sites (tertiary alicyclic amines) is 1. The summed E-state index contributed by atoms with van der Waals surface area (Å²) < 4.78 is 11.4. The van der Waals surface area contributed by atoms with Gasteiger partial charge in [0.05, 0.1) is 12.7 Å². The number of piperidine rings is 2. The minimum Gasteiger partial charge on any atom is -0.481 e. The largest absolute Gasteiger partial charge is 0.481 e. The number of hydrogen-bond acceptors (Lipinski definition) is 5. The number of fused-ring (bicyclic) bond motifs is 1. The van der Waals surface area contributed by atoms with Gasteiger partial charge in [-0.1, -0.05) is 0 Å². The van der Waals surface area contributed by atoms with Gasteiger partial charge in [0, 0.05) is 25.6 Å². The van der Waals surface area contributed by atoms with Crippen molar-refractivity contribution >= 4 is 12.0 Å². The number of carbonyl (C=O) groups excluding carboxylic acids is 1. The van der Waals surface area contributed by atoms with Crippen LogP contribution in [-0.4, -0.2) is 62.3 Å². The fourth-order valence-electron chi connectivity index (χ4n) is 4.39. The molecule has 0 spiro atoms. The Kier molecular flexibility index (Phi) is 7.17. The highest BCUT2D eigenvalue weighted by Crippen LogP contribution is 2.28. The van der Waals surface area contributed by atoms with E-state index in [9.17, 15) is 4.79 Å². The van der Waals surface area contributed by atoms with E-state index in [1.165, 1.54) is 12.8 Å². The van der Waals surface area contributed by atoms with Crippen LogP contribution < -0.4 is 5.32 Å². The lowest BCUT2D eigenvalue weighted by atomic mass is 9.82. The van der Waals surface area contributed by atoms with Gasteiger partial charge in [0.15, 0.2) is 5.90 Å². The molecular formula is C20H35N3O3. The third kappa shape index (κ3) is 5.35. The zero-order valence-electron chi connectivity index (χ0n) is 16.4. The molecule has 3 heterocycles. The number of nitrogens with one attached hydrogen (secondary N) is 1. The average Bonchev–Trinajstić information content (AvgIpc) is 2.65. The van der Waals surface area contributed by atoms with Crippen LogP contribution in [0, 0.1) is 17.8 Å². The lowest BCUT2D eigenvalue weighted by molar-refractivity contribution is 0.0642. The average molecular weight is 366 g/mol. The van der Waals surface area contributed by atoms with Crippen LogP contribution in [0.15, 0.2) is 4.99 Å². The molecule has 6 heteroatoms. The summed E-state index contributed by atoms with van der Waals surface area (Å²) in [6, 6.07) is 0. The number of nitrogens with zero attached hydrogens (tertiary/aromatic N) is 2. The van der Waals surface area contributed by atoms with E-state index in [0.29, 0.717) is 17.8 Å². The second kappa shape index (κ2) is 9.58. The van der Waals surface area contributed by atoms with Gasteiger partial charge in [-0.05, 0) is 77.3 Å². The molecule has 2 unspecified atom stereocenters. The van der Waals surface area contributed by atoms with Crippen LogP contribution in [0.1, 0.15) is 52.4 Å². The van der Waals surface area contributed by atoms with Gasteiger partial charge < -0.3 is 19.7 Å². The van der Waals surface area contributed by atoms with E-state index < -0.39 is 0 Å². The maximum absolute atomic E-state index is 11.9. The van der Waals surface area contributed by atoms with Crippen molar-refractivity contribution < 1.29 is 14.3 Å². The molecule has 0 aliphatic carbocycles. The molecule has 26 heavy (non-hydrogen) atoms. The number of amides is 1. The van der Waals surface area contributed by atoms with Crippen LogP contribution in [0.2, 0.25) is 0 Å². The lowest BCUT2D eigenvalue weighted by Gasteiger charge is -2.35. The highest BCUT2D eigenvalue weighted by molar-refractivity contribution is 5.80. The van der Waals surface area contributed by atoms with Gasteiger partial charge >= 0.3 is 6.09 Å². The maximum atomic E-state index is 11.9. The van der Waals surface area contributed by atoms with E-state index in [0.717, 1.165) is 70.9 Å². The van der Waals surface area contributed by atoms with Crippen molar-refractivity contribution in [1.82, 2.24) is 10.2 Å². The summed E-state index contributed by atoms with van der Waals surface area (Å²) in [7, 11) is 0. The van der Waals surface area contributed by atoms with E-state index in [-0.39, 0.29) is 12.2 Å². The number of carbonyl (C=O) groups is 1. The van der Waals surface area contributed by atoms with Crippen molar-refractivity contribution in [3.63, 3.8) is 0 Å². The molecule has 0 aromatic carbocycles.